The van der Waals surface area contributed by atoms with Gasteiger partial charge in [-0.3, -0.25) is 4.99 Å². The smallest absolute Gasteiger partial charge is 0.127 e. The zero-order valence-corrected chi connectivity index (χ0v) is 28.7. The minimum absolute atomic E-state index is 0.0130. The summed E-state index contributed by atoms with van der Waals surface area (Å²) in [6.07, 6.45) is 4.20. The lowest BCUT2D eigenvalue weighted by Gasteiger charge is -2.37. The lowest BCUT2D eigenvalue weighted by molar-refractivity contribution is 0.290. The molecule has 226 valence electrons. The van der Waals surface area contributed by atoms with Crippen LogP contribution in [-0.4, -0.2) is 6.21 Å². The number of ether oxygens (including phenoxy) is 1. The summed E-state index contributed by atoms with van der Waals surface area (Å²) < 4.78 is 6.92. The fourth-order valence-corrected chi connectivity index (χ4v) is 7.40. The van der Waals surface area contributed by atoms with Crippen LogP contribution < -0.4 is 10.0 Å². The Kier molecular flexibility index (Phi) is 10.3. The molecule has 4 aromatic carbocycles. The topological polar surface area (TPSA) is 21.6 Å². The molecular weight excluding hydrogens is 541 g/mol. The summed E-state index contributed by atoms with van der Waals surface area (Å²) >= 11 is 0. The zero-order valence-electron chi connectivity index (χ0n) is 27.7. The first-order valence-corrected chi connectivity index (χ1v) is 16.6. The first-order chi connectivity index (χ1) is 20.3. The van der Waals surface area contributed by atoms with Crippen LogP contribution in [0, 0.1) is 6.92 Å². The third-order valence-corrected chi connectivity index (χ3v) is 10.2. The van der Waals surface area contributed by atoms with Gasteiger partial charge in [-0.15, -0.1) is 0 Å². The third-order valence-electron chi connectivity index (χ3n) is 8.15. The Hall–Kier alpha value is -3.22. The lowest BCUT2D eigenvalue weighted by atomic mass is 9.77. The molecule has 0 saturated heterocycles. The summed E-state index contributed by atoms with van der Waals surface area (Å²) in [4.78, 5) is 4.86. The Morgan fingerprint density at radius 3 is 1.98 bits per heavy atom. The maximum atomic E-state index is 6.92. The van der Waals surface area contributed by atoms with Gasteiger partial charge in [0.25, 0.3) is 0 Å². The van der Waals surface area contributed by atoms with Crippen LogP contribution in [0.25, 0.3) is 0 Å². The highest BCUT2D eigenvalue weighted by Crippen LogP contribution is 2.52. The molecule has 0 N–H and O–H groups in total. The Balaban J connectivity index is 1.90. The van der Waals surface area contributed by atoms with Crippen LogP contribution in [0.4, 0.5) is 5.69 Å². The number of rotatable bonds is 10. The lowest BCUT2D eigenvalue weighted by Crippen LogP contribution is -2.26. The molecule has 2 nitrogen and oxygen atoms in total. The van der Waals surface area contributed by atoms with Crippen LogP contribution in [0.3, 0.4) is 0 Å². The van der Waals surface area contributed by atoms with Gasteiger partial charge in [0.2, 0.25) is 0 Å². The highest BCUT2D eigenvalue weighted by atomic mass is 31.1. The van der Waals surface area contributed by atoms with E-state index in [1.165, 1.54) is 38.7 Å². The largest absolute Gasteiger partial charge is 0.488 e. The number of nitrogens with zero attached hydrogens (tertiary/aromatic N) is 1. The highest BCUT2D eigenvalue weighted by Gasteiger charge is 2.36. The molecule has 2 atom stereocenters. The second kappa shape index (κ2) is 13.6. The van der Waals surface area contributed by atoms with Gasteiger partial charge in [0.1, 0.15) is 12.4 Å². The fourth-order valence-electron chi connectivity index (χ4n) is 5.58. The summed E-state index contributed by atoms with van der Waals surface area (Å²) in [6, 6.07) is 32.2. The molecule has 0 aliphatic rings. The predicted octanol–water partition coefficient (Wildman–Crippen LogP) is 10.9. The van der Waals surface area contributed by atoms with Crippen molar-refractivity contribution >= 4 is 25.8 Å². The normalized spacial score (nSPS) is 14.0. The van der Waals surface area contributed by atoms with Crippen molar-refractivity contribution in [3.8, 4) is 5.75 Å². The van der Waals surface area contributed by atoms with Crippen molar-refractivity contribution < 1.29 is 4.74 Å². The van der Waals surface area contributed by atoms with Crippen molar-refractivity contribution in [1.82, 2.24) is 0 Å². The van der Waals surface area contributed by atoms with E-state index in [9.17, 15) is 0 Å². The summed E-state index contributed by atoms with van der Waals surface area (Å²) in [5, 5.41) is 1.26. The molecule has 0 radical (unpaired) electrons. The van der Waals surface area contributed by atoms with Crippen LogP contribution in [0.5, 0.6) is 5.75 Å². The molecule has 0 saturated carbocycles. The van der Waals surface area contributed by atoms with Gasteiger partial charge in [-0.05, 0) is 58.3 Å². The van der Waals surface area contributed by atoms with Crippen LogP contribution in [0.2, 0.25) is 0 Å². The van der Waals surface area contributed by atoms with E-state index < -0.39 is 0 Å². The SMILES string of the molecule is CCCC(C)(Pc1c(C)cccc1C=Nc1ccccc1)c1cc(C(C)(C)C)cc(C(C)(C)C)c1OCc1ccccc1. The summed E-state index contributed by atoms with van der Waals surface area (Å²) in [5.74, 6) is 1.06. The van der Waals surface area contributed by atoms with Crippen LogP contribution in [0.1, 0.15) is 102 Å². The molecule has 0 aliphatic carbocycles. The van der Waals surface area contributed by atoms with Gasteiger partial charge in [0, 0.05) is 28.1 Å². The maximum Gasteiger partial charge on any atom is 0.127 e. The first kappa shape index (κ1) is 32.7. The molecule has 0 spiro atoms. The molecule has 0 fully saturated rings. The summed E-state index contributed by atoms with van der Waals surface area (Å²) in [6.45, 7) is 21.5. The summed E-state index contributed by atoms with van der Waals surface area (Å²) in [7, 11) is 0.554. The quantitative estimate of drug-likeness (QED) is 0.133. The molecule has 0 aliphatic heterocycles. The van der Waals surface area contributed by atoms with Gasteiger partial charge in [0.15, 0.2) is 0 Å². The van der Waals surface area contributed by atoms with Gasteiger partial charge in [0.05, 0.1) is 5.69 Å². The molecule has 4 aromatic rings. The first-order valence-electron chi connectivity index (χ1n) is 15.6. The Labute approximate surface area is 262 Å². The Morgan fingerprint density at radius 1 is 0.744 bits per heavy atom. The number of aliphatic imine (C=N–C) groups is 1. The number of para-hydroxylation sites is 1. The van der Waals surface area contributed by atoms with E-state index >= 15 is 0 Å². The Bertz CT molecular complexity index is 1530. The van der Waals surface area contributed by atoms with E-state index in [1.54, 1.807) is 0 Å². The molecule has 4 rings (SSSR count). The van der Waals surface area contributed by atoms with Crippen molar-refractivity contribution in [1.29, 1.82) is 0 Å². The van der Waals surface area contributed by atoms with Crippen LogP contribution in [0.15, 0.2) is 96.0 Å². The van der Waals surface area contributed by atoms with E-state index in [4.69, 9.17) is 9.73 Å². The summed E-state index contributed by atoms with van der Waals surface area (Å²) in [5.41, 5.74) is 8.58. The van der Waals surface area contributed by atoms with E-state index in [2.05, 4.69) is 141 Å². The fraction of sp³-hybridized carbons (Fsp3) is 0.375. The van der Waals surface area contributed by atoms with Gasteiger partial charge in [-0.1, -0.05) is 149 Å². The minimum atomic E-state index is -0.122. The number of hydrogen-bond donors (Lipinski definition) is 0. The second-order valence-electron chi connectivity index (χ2n) is 14.0. The predicted molar refractivity (Wildman–Crippen MR) is 190 cm³/mol. The van der Waals surface area contributed by atoms with Crippen LogP contribution in [-0.2, 0) is 22.6 Å². The zero-order chi connectivity index (χ0) is 31.3. The number of benzene rings is 4. The van der Waals surface area contributed by atoms with Crippen LogP contribution >= 0.6 is 8.58 Å². The standard InChI is InChI=1S/C40H50NOP/c1-10-24-40(9,43-37-29(2)18-17-21-31(37)27-41-33-22-15-12-16-23-33)35-26-32(38(3,4)5)25-34(39(6,7)8)36(35)42-28-30-19-13-11-14-20-30/h11-23,25-27,43H,10,24,28H2,1-9H3. The third kappa shape index (κ3) is 8.24. The monoisotopic (exact) mass is 591 g/mol. The average Bonchev–Trinajstić information content (AvgIpc) is 2.96. The van der Waals surface area contributed by atoms with Crippen molar-refractivity contribution in [2.45, 2.75) is 97.7 Å². The molecule has 0 bridgehead atoms. The minimum Gasteiger partial charge on any atom is -0.488 e. The molecular formula is C40H50NOP. The van der Waals surface area contributed by atoms with Gasteiger partial charge in [-0.25, -0.2) is 0 Å². The van der Waals surface area contributed by atoms with E-state index in [1.807, 2.05) is 18.2 Å². The molecule has 0 amide bonds. The van der Waals surface area contributed by atoms with E-state index in [0.29, 0.717) is 15.2 Å². The molecule has 43 heavy (non-hydrogen) atoms. The Morgan fingerprint density at radius 2 is 1.37 bits per heavy atom. The van der Waals surface area contributed by atoms with E-state index in [-0.39, 0.29) is 16.0 Å². The number of hydrogen-bond acceptors (Lipinski definition) is 2. The number of aryl methyl sites for hydroxylation is 1. The van der Waals surface area contributed by atoms with Gasteiger partial charge >= 0.3 is 0 Å². The van der Waals surface area contributed by atoms with Gasteiger partial charge < -0.3 is 4.74 Å². The molecule has 0 aromatic heterocycles. The average molecular weight is 592 g/mol. The highest BCUT2D eigenvalue weighted by molar-refractivity contribution is 7.49. The maximum absolute atomic E-state index is 6.92. The van der Waals surface area contributed by atoms with Gasteiger partial charge in [-0.2, -0.15) is 0 Å². The van der Waals surface area contributed by atoms with E-state index in [0.717, 1.165) is 24.3 Å². The second-order valence-corrected chi connectivity index (χ2v) is 15.9. The molecule has 0 heterocycles. The van der Waals surface area contributed by atoms with Crippen molar-refractivity contribution in [2.75, 3.05) is 0 Å². The molecule has 2 unspecified atom stereocenters. The molecule has 3 heteroatoms. The van der Waals surface area contributed by atoms with Crippen molar-refractivity contribution in [2.24, 2.45) is 4.99 Å². The van der Waals surface area contributed by atoms with Crippen molar-refractivity contribution in [3.63, 3.8) is 0 Å². The van der Waals surface area contributed by atoms with Crippen molar-refractivity contribution in [3.05, 3.63) is 124 Å².